The van der Waals surface area contributed by atoms with E-state index in [1.54, 1.807) is 0 Å². The highest BCUT2D eigenvalue weighted by Crippen LogP contribution is 2.46. The van der Waals surface area contributed by atoms with Gasteiger partial charge in [0.05, 0.1) is 6.61 Å². The van der Waals surface area contributed by atoms with Gasteiger partial charge in [0.2, 0.25) is 0 Å². The molecule has 0 aliphatic carbocycles. The van der Waals surface area contributed by atoms with Crippen LogP contribution in [0.1, 0.15) is 84.0 Å². The Hall–Kier alpha value is -1.02. The zero-order valence-electron chi connectivity index (χ0n) is 15.7. The Kier molecular flexibility index (Phi) is 12.0. The predicted molar refractivity (Wildman–Crippen MR) is 88.0 cm³/mol. The molecule has 0 bridgehead atoms. The van der Waals surface area contributed by atoms with Gasteiger partial charge in [-0.25, -0.2) is 4.79 Å². The Morgan fingerprint density at radius 2 is 1.04 bits per heavy atom. The van der Waals surface area contributed by atoms with E-state index < -0.39 is 30.6 Å². The summed E-state index contributed by atoms with van der Waals surface area (Å²) in [5, 5.41) is 0. The Morgan fingerprint density at radius 3 is 1.41 bits per heavy atom. The lowest BCUT2D eigenvalue weighted by Crippen LogP contribution is -2.56. The van der Waals surface area contributed by atoms with Gasteiger partial charge in [-0.15, -0.1) is 0 Å². The monoisotopic (exact) mass is 410 g/mol. The third-order valence-corrected chi connectivity index (χ3v) is 4.24. The molecule has 0 fully saturated rings. The van der Waals surface area contributed by atoms with Crippen LogP contribution in [-0.4, -0.2) is 30.6 Å². The van der Waals surface area contributed by atoms with Crippen LogP contribution in [-0.2, 0) is 9.53 Å². The van der Waals surface area contributed by atoms with Gasteiger partial charge < -0.3 is 4.74 Å². The van der Waals surface area contributed by atoms with Crippen molar-refractivity contribution < 1.29 is 40.3 Å². The second-order valence-corrected chi connectivity index (χ2v) is 6.67. The molecule has 0 unspecified atom stereocenters. The maximum atomic E-state index is 13.0. The zero-order valence-corrected chi connectivity index (χ0v) is 15.7. The normalized spacial score (nSPS) is 13.0. The van der Waals surface area contributed by atoms with Crippen LogP contribution in [0.5, 0.6) is 0 Å². The summed E-state index contributed by atoms with van der Waals surface area (Å²) in [6.07, 6.45) is 5.20. The van der Waals surface area contributed by atoms with Crippen LogP contribution in [0.2, 0.25) is 0 Å². The maximum absolute atomic E-state index is 13.0. The van der Waals surface area contributed by atoms with Gasteiger partial charge in [0, 0.05) is 0 Å². The predicted octanol–water partition coefficient (Wildman–Crippen LogP) is 7.06. The number of rotatable bonds is 15. The summed E-state index contributed by atoms with van der Waals surface area (Å²) in [4.78, 5) is 10.9. The number of alkyl halides is 7. The number of hydrogen-bond donors (Lipinski definition) is 0. The highest BCUT2D eigenvalue weighted by molar-refractivity contribution is 5.79. The van der Waals surface area contributed by atoms with Crippen molar-refractivity contribution in [3.63, 3.8) is 0 Å². The minimum atomic E-state index is -6.54. The molecule has 0 atom stereocenters. The van der Waals surface area contributed by atoms with E-state index in [4.69, 9.17) is 0 Å². The summed E-state index contributed by atoms with van der Waals surface area (Å²) in [7, 11) is 0. The van der Waals surface area contributed by atoms with Crippen LogP contribution in [0.4, 0.5) is 30.7 Å². The molecular weight excluding hydrogens is 381 g/mol. The summed E-state index contributed by atoms with van der Waals surface area (Å²) in [5.41, 5.74) is 0. The van der Waals surface area contributed by atoms with E-state index in [2.05, 4.69) is 11.7 Å². The number of ether oxygens (including phenoxy) is 1. The van der Waals surface area contributed by atoms with Crippen molar-refractivity contribution >= 4 is 5.97 Å². The van der Waals surface area contributed by atoms with Crippen molar-refractivity contribution in [3.05, 3.63) is 0 Å². The third kappa shape index (κ3) is 9.14. The topological polar surface area (TPSA) is 26.3 Å². The zero-order chi connectivity index (χ0) is 21.0. The minimum Gasteiger partial charge on any atom is -0.461 e. The molecule has 0 N–H and O–H groups in total. The molecule has 0 aliphatic heterocycles. The van der Waals surface area contributed by atoms with E-state index >= 15 is 0 Å². The molecule has 27 heavy (non-hydrogen) atoms. The van der Waals surface area contributed by atoms with E-state index in [1.807, 2.05) is 0 Å². The molecule has 0 aliphatic rings. The van der Waals surface area contributed by atoms with Crippen molar-refractivity contribution in [1.29, 1.82) is 0 Å². The molecule has 9 heteroatoms. The maximum Gasteiger partial charge on any atom is 0.460 e. The van der Waals surface area contributed by atoms with Gasteiger partial charge in [0.1, 0.15) is 0 Å². The molecule has 0 saturated heterocycles. The molecule has 0 saturated carbocycles. The van der Waals surface area contributed by atoms with Crippen LogP contribution in [0.25, 0.3) is 0 Å². The van der Waals surface area contributed by atoms with Crippen LogP contribution >= 0.6 is 0 Å². The molecule has 0 aromatic heterocycles. The summed E-state index contributed by atoms with van der Waals surface area (Å²) < 4.78 is 91.0. The number of unbranched alkanes of at least 4 members (excludes halogenated alkanes) is 11. The van der Waals surface area contributed by atoms with E-state index in [1.165, 1.54) is 32.1 Å². The van der Waals surface area contributed by atoms with Crippen molar-refractivity contribution in [2.45, 2.75) is 102 Å². The van der Waals surface area contributed by atoms with Crippen molar-refractivity contribution in [2.75, 3.05) is 6.61 Å². The lowest BCUT2D eigenvalue weighted by molar-refractivity contribution is -0.348. The van der Waals surface area contributed by atoms with Crippen molar-refractivity contribution in [2.24, 2.45) is 0 Å². The summed E-state index contributed by atoms with van der Waals surface area (Å²) in [6, 6.07) is 0. The molecule has 0 aromatic carbocycles. The molecule has 162 valence electrons. The fourth-order valence-corrected chi connectivity index (χ4v) is 2.50. The van der Waals surface area contributed by atoms with Gasteiger partial charge in [-0.3, -0.25) is 0 Å². The first-order chi connectivity index (χ1) is 12.5. The number of hydrogen-bond acceptors (Lipinski definition) is 2. The Morgan fingerprint density at radius 1 is 0.667 bits per heavy atom. The van der Waals surface area contributed by atoms with Gasteiger partial charge in [-0.1, -0.05) is 77.6 Å². The molecule has 0 spiro atoms. The number of halogens is 7. The second kappa shape index (κ2) is 12.4. The number of carbonyl (C=O) groups excluding carboxylic acids is 1. The SMILES string of the molecule is CCCCCCCCCCCCCCOC(=O)C(F)(F)C(F)(F)C(F)(F)F. The molecule has 0 rings (SSSR count). The van der Waals surface area contributed by atoms with Gasteiger partial charge in [-0.05, 0) is 6.42 Å². The van der Waals surface area contributed by atoms with Crippen molar-refractivity contribution in [1.82, 2.24) is 0 Å². The van der Waals surface area contributed by atoms with E-state index in [-0.39, 0.29) is 6.42 Å². The Labute approximate surface area is 155 Å². The molecular formula is C18H29F7O2. The lowest BCUT2D eigenvalue weighted by atomic mass is 10.1. The van der Waals surface area contributed by atoms with E-state index in [0.29, 0.717) is 6.42 Å². The van der Waals surface area contributed by atoms with Gasteiger partial charge in [0.15, 0.2) is 0 Å². The number of esters is 1. The van der Waals surface area contributed by atoms with Crippen LogP contribution in [0, 0.1) is 0 Å². The van der Waals surface area contributed by atoms with Crippen molar-refractivity contribution in [3.8, 4) is 0 Å². The fourth-order valence-electron chi connectivity index (χ4n) is 2.50. The van der Waals surface area contributed by atoms with Gasteiger partial charge >= 0.3 is 24.0 Å². The third-order valence-electron chi connectivity index (χ3n) is 4.24. The molecule has 0 radical (unpaired) electrons. The Bertz CT molecular complexity index is 409. The summed E-state index contributed by atoms with van der Waals surface area (Å²) in [5.74, 6) is -15.3. The minimum absolute atomic E-state index is 0.135. The average Bonchev–Trinajstić information content (AvgIpc) is 2.57. The smallest absolute Gasteiger partial charge is 0.460 e. The molecule has 0 aromatic rings. The van der Waals surface area contributed by atoms with Crippen LogP contribution in [0.15, 0.2) is 0 Å². The molecule has 0 heterocycles. The van der Waals surface area contributed by atoms with Gasteiger partial charge in [-0.2, -0.15) is 30.7 Å². The first-order valence-electron chi connectivity index (χ1n) is 9.48. The van der Waals surface area contributed by atoms with Crippen LogP contribution in [0.3, 0.4) is 0 Å². The first-order valence-corrected chi connectivity index (χ1v) is 9.48. The lowest BCUT2D eigenvalue weighted by Gasteiger charge is -2.26. The quantitative estimate of drug-likeness (QED) is 0.164. The largest absolute Gasteiger partial charge is 0.461 e. The highest BCUT2D eigenvalue weighted by atomic mass is 19.4. The molecule has 0 amide bonds. The van der Waals surface area contributed by atoms with Crippen LogP contribution < -0.4 is 0 Å². The summed E-state index contributed by atoms with van der Waals surface area (Å²) >= 11 is 0. The van der Waals surface area contributed by atoms with E-state index in [0.717, 1.165) is 32.1 Å². The second-order valence-electron chi connectivity index (χ2n) is 6.67. The standard InChI is InChI=1S/C18H29F7O2/c1-2-3-4-5-6-7-8-9-10-11-12-13-14-27-15(26)16(19,20)17(21,22)18(23,24)25/h2-14H2,1H3. The summed E-state index contributed by atoms with van der Waals surface area (Å²) in [6.45, 7) is 1.55. The molecule has 2 nitrogen and oxygen atoms in total. The average molecular weight is 410 g/mol. The van der Waals surface area contributed by atoms with E-state index in [9.17, 15) is 35.5 Å². The number of carbonyl (C=O) groups is 1. The van der Waals surface area contributed by atoms with Gasteiger partial charge in [0.25, 0.3) is 0 Å². The Balaban J connectivity index is 3.77. The fraction of sp³-hybridized carbons (Fsp3) is 0.944. The highest BCUT2D eigenvalue weighted by Gasteiger charge is 2.77. The first kappa shape index (κ1) is 26.0.